The van der Waals surface area contributed by atoms with E-state index < -0.39 is 11.8 Å². The Labute approximate surface area is 164 Å². The Kier molecular flexibility index (Phi) is 6.48. The van der Waals surface area contributed by atoms with Gasteiger partial charge in [-0.3, -0.25) is 0 Å². The van der Waals surface area contributed by atoms with Crippen molar-refractivity contribution in [1.29, 1.82) is 0 Å². The molecule has 0 radical (unpaired) electrons. The van der Waals surface area contributed by atoms with Crippen molar-refractivity contribution in [2.24, 2.45) is 0 Å². The molecule has 4 nitrogen and oxygen atoms in total. The van der Waals surface area contributed by atoms with E-state index in [1.54, 1.807) is 24.5 Å². The molecule has 0 amide bonds. The van der Waals surface area contributed by atoms with Gasteiger partial charge in [0.05, 0.1) is 0 Å². The predicted octanol–water partition coefficient (Wildman–Crippen LogP) is 5.54. The number of benzene rings is 2. The van der Waals surface area contributed by atoms with Crippen LogP contribution in [0.3, 0.4) is 0 Å². The molecule has 3 aromatic rings. The first kappa shape index (κ1) is 19.7. The number of ether oxygens (including phenoxy) is 1. The van der Waals surface area contributed by atoms with E-state index in [-0.39, 0.29) is 11.6 Å². The summed E-state index contributed by atoms with van der Waals surface area (Å²) < 4.78 is 19.7. The summed E-state index contributed by atoms with van der Waals surface area (Å²) in [5.74, 6) is -1.08. The molecular weight excluding hydrogens is 355 g/mol. The van der Waals surface area contributed by atoms with Crippen LogP contribution >= 0.6 is 0 Å². The summed E-state index contributed by atoms with van der Waals surface area (Å²) in [5, 5.41) is 0. The average Bonchev–Trinajstić information content (AvgIpc) is 2.70. The molecular formula is C23H23FN2O2. The van der Waals surface area contributed by atoms with Crippen molar-refractivity contribution in [3.05, 3.63) is 77.6 Å². The van der Waals surface area contributed by atoms with Gasteiger partial charge in [0.2, 0.25) is 5.82 Å². The molecule has 0 fully saturated rings. The Bertz CT molecular complexity index is 938. The van der Waals surface area contributed by atoms with Crippen LogP contribution in [0.1, 0.15) is 47.9 Å². The number of rotatable bonds is 7. The zero-order valence-corrected chi connectivity index (χ0v) is 16.1. The minimum Gasteiger partial charge on any atom is -0.421 e. The highest BCUT2D eigenvalue weighted by Crippen LogP contribution is 2.26. The van der Waals surface area contributed by atoms with Crippen LogP contribution in [-0.4, -0.2) is 15.9 Å². The SMILES string of the molecule is CCCCCc1cnc(C(=O)Oc2ccc(-c3ccc(C)cc3)c(F)c2)nc1. The minimum absolute atomic E-state index is 0.0396. The topological polar surface area (TPSA) is 52.1 Å². The lowest BCUT2D eigenvalue weighted by Gasteiger charge is -2.08. The van der Waals surface area contributed by atoms with E-state index in [9.17, 15) is 9.18 Å². The van der Waals surface area contributed by atoms with Crippen LogP contribution in [0, 0.1) is 12.7 Å². The number of unbranched alkanes of at least 4 members (excludes halogenated alkanes) is 2. The van der Waals surface area contributed by atoms with Crippen LogP contribution in [0.2, 0.25) is 0 Å². The van der Waals surface area contributed by atoms with Crippen molar-refractivity contribution in [3.63, 3.8) is 0 Å². The van der Waals surface area contributed by atoms with Crippen molar-refractivity contribution in [3.8, 4) is 16.9 Å². The highest BCUT2D eigenvalue weighted by Gasteiger charge is 2.14. The maximum Gasteiger partial charge on any atom is 0.381 e. The smallest absolute Gasteiger partial charge is 0.381 e. The molecule has 5 heteroatoms. The number of carbonyl (C=O) groups is 1. The Hall–Kier alpha value is -3.08. The second-order valence-corrected chi connectivity index (χ2v) is 6.77. The van der Waals surface area contributed by atoms with Crippen molar-refractivity contribution in [1.82, 2.24) is 9.97 Å². The van der Waals surface area contributed by atoms with Crippen LogP contribution in [0.4, 0.5) is 4.39 Å². The van der Waals surface area contributed by atoms with E-state index in [1.165, 1.54) is 6.07 Å². The summed E-state index contributed by atoms with van der Waals surface area (Å²) in [6, 6.07) is 11.9. The fourth-order valence-electron chi connectivity index (χ4n) is 2.85. The van der Waals surface area contributed by atoms with E-state index in [2.05, 4.69) is 16.9 Å². The van der Waals surface area contributed by atoms with Gasteiger partial charge in [-0.1, -0.05) is 49.6 Å². The summed E-state index contributed by atoms with van der Waals surface area (Å²) in [7, 11) is 0. The first-order valence-corrected chi connectivity index (χ1v) is 9.46. The lowest BCUT2D eigenvalue weighted by Crippen LogP contribution is -2.13. The highest BCUT2D eigenvalue weighted by atomic mass is 19.1. The molecule has 0 saturated carbocycles. The largest absolute Gasteiger partial charge is 0.421 e. The molecule has 0 bridgehead atoms. The maximum atomic E-state index is 14.5. The number of esters is 1. The highest BCUT2D eigenvalue weighted by molar-refractivity contribution is 5.87. The van der Waals surface area contributed by atoms with Crippen molar-refractivity contribution >= 4 is 5.97 Å². The molecule has 0 aliphatic carbocycles. The number of hydrogen-bond donors (Lipinski definition) is 0. The summed E-state index contributed by atoms with van der Waals surface area (Å²) >= 11 is 0. The number of aryl methyl sites for hydroxylation is 2. The van der Waals surface area contributed by atoms with Gasteiger partial charge in [-0.05, 0) is 43.0 Å². The molecule has 0 saturated heterocycles. The van der Waals surface area contributed by atoms with Crippen LogP contribution in [0.15, 0.2) is 54.9 Å². The third-order valence-corrected chi connectivity index (χ3v) is 4.47. The van der Waals surface area contributed by atoms with E-state index in [0.29, 0.717) is 5.56 Å². The summed E-state index contributed by atoms with van der Waals surface area (Å²) in [6.07, 6.45) is 7.52. The Morgan fingerprint density at radius 1 is 1.04 bits per heavy atom. The van der Waals surface area contributed by atoms with Crippen LogP contribution < -0.4 is 4.74 Å². The number of aromatic nitrogens is 2. The summed E-state index contributed by atoms with van der Waals surface area (Å²) in [4.78, 5) is 20.4. The standard InChI is InChI=1S/C23H23FN2O2/c1-3-4-5-6-17-14-25-22(26-15-17)23(27)28-19-11-12-20(21(24)13-19)18-9-7-16(2)8-10-18/h7-15H,3-6H2,1-2H3. The minimum atomic E-state index is -0.706. The Balaban J connectivity index is 1.67. The van der Waals surface area contributed by atoms with Gasteiger partial charge in [-0.2, -0.15) is 0 Å². The first-order valence-electron chi connectivity index (χ1n) is 9.46. The van der Waals surface area contributed by atoms with Crippen molar-refractivity contribution < 1.29 is 13.9 Å². The molecule has 0 unspecified atom stereocenters. The maximum absolute atomic E-state index is 14.5. The molecule has 0 aliphatic heterocycles. The molecule has 28 heavy (non-hydrogen) atoms. The van der Waals surface area contributed by atoms with Crippen molar-refractivity contribution in [2.45, 2.75) is 39.5 Å². The second kappa shape index (κ2) is 9.22. The van der Waals surface area contributed by atoms with Gasteiger partial charge >= 0.3 is 5.97 Å². The third-order valence-electron chi connectivity index (χ3n) is 4.47. The van der Waals surface area contributed by atoms with Gasteiger partial charge in [-0.25, -0.2) is 19.2 Å². The fraction of sp³-hybridized carbons (Fsp3) is 0.261. The van der Waals surface area contributed by atoms with Gasteiger partial charge in [-0.15, -0.1) is 0 Å². The lowest BCUT2D eigenvalue weighted by molar-refractivity contribution is 0.0721. The number of nitrogens with zero attached hydrogens (tertiary/aromatic N) is 2. The third kappa shape index (κ3) is 5.00. The number of carbonyl (C=O) groups excluding carboxylic acids is 1. The average molecular weight is 378 g/mol. The number of halogens is 1. The molecule has 0 aliphatic rings. The normalized spacial score (nSPS) is 10.7. The summed E-state index contributed by atoms with van der Waals surface area (Å²) in [5.41, 5.74) is 3.31. The summed E-state index contributed by atoms with van der Waals surface area (Å²) in [6.45, 7) is 4.12. The van der Waals surface area contributed by atoms with E-state index in [1.807, 2.05) is 31.2 Å². The lowest BCUT2D eigenvalue weighted by atomic mass is 10.0. The van der Waals surface area contributed by atoms with Gasteiger partial charge in [0.15, 0.2) is 0 Å². The van der Waals surface area contributed by atoms with E-state index >= 15 is 0 Å². The van der Waals surface area contributed by atoms with Crippen LogP contribution in [0.5, 0.6) is 5.75 Å². The molecule has 3 rings (SSSR count). The Morgan fingerprint density at radius 2 is 1.75 bits per heavy atom. The molecule has 0 spiro atoms. The van der Waals surface area contributed by atoms with Gasteiger partial charge in [0, 0.05) is 24.0 Å². The molecule has 1 heterocycles. The number of hydrogen-bond acceptors (Lipinski definition) is 4. The Morgan fingerprint density at radius 3 is 2.39 bits per heavy atom. The van der Waals surface area contributed by atoms with E-state index in [0.717, 1.165) is 42.4 Å². The molecule has 2 aromatic carbocycles. The molecule has 144 valence electrons. The van der Waals surface area contributed by atoms with Crippen LogP contribution in [0.25, 0.3) is 11.1 Å². The molecule has 0 N–H and O–H groups in total. The van der Waals surface area contributed by atoms with Gasteiger partial charge in [0.25, 0.3) is 0 Å². The van der Waals surface area contributed by atoms with Crippen molar-refractivity contribution in [2.75, 3.05) is 0 Å². The second-order valence-electron chi connectivity index (χ2n) is 6.77. The first-order chi connectivity index (χ1) is 13.6. The molecule has 1 aromatic heterocycles. The predicted molar refractivity (Wildman–Crippen MR) is 107 cm³/mol. The zero-order chi connectivity index (χ0) is 19.9. The zero-order valence-electron chi connectivity index (χ0n) is 16.1. The molecule has 0 atom stereocenters. The van der Waals surface area contributed by atoms with Gasteiger partial charge < -0.3 is 4.74 Å². The monoisotopic (exact) mass is 378 g/mol. The van der Waals surface area contributed by atoms with E-state index in [4.69, 9.17) is 4.74 Å². The van der Waals surface area contributed by atoms with Gasteiger partial charge in [0.1, 0.15) is 11.6 Å². The van der Waals surface area contributed by atoms with Crippen LogP contribution in [-0.2, 0) is 6.42 Å². The fourth-order valence-corrected chi connectivity index (χ4v) is 2.85. The quantitative estimate of drug-likeness (QED) is 0.308.